The Morgan fingerprint density at radius 3 is 2.33 bits per heavy atom. The van der Waals surface area contributed by atoms with E-state index in [9.17, 15) is 4.79 Å². The summed E-state index contributed by atoms with van der Waals surface area (Å²) in [6, 6.07) is 5.60. The van der Waals surface area contributed by atoms with Crippen LogP contribution in [0.15, 0.2) is 16.9 Å². The van der Waals surface area contributed by atoms with Gasteiger partial charge in [-0.25, -0.2) is 0 Å². The number of aromatic nitrogens is 1. The van der Waals surface area contributed by atoms with Gasteiger partial charge in [0.05, 0.1) is 12.5 Å². The first kappa shape index (κ1) is 11.5. The predicted octanol–water partition coefficient (Wildman–Crippen LogP) is 2.33. The fourth-order valence-corrected chi connectivity index (χ4v) is 1.97. The second-order valence-electron chi connectivity index (χ2n) is 3.77. The molecular formula is C12H16N2O. The van der Waals surface area contributed by atoms with Gasteiger partial charge in [0, 0.05) is 29.6 Å². The summed E-state index contributed by atoms with van der Waals surface area (Å²) in [7, 11) is 0. The molecule has 0 aliphatic heterocycles. The molecule has 0 saturated heterocycles. The lowest BCUT2D eigenvalue weighted by Gasteiger charge is -2.21. The van der Waals surface area contributed by atoms with Crippen LogP contribution in [-0.4, -0.2) is 4.57 Å². The van der Waals surface area contributed by atoms with Gasteiger partial charge < -0.3 is 4.57 Å². The van der Waals surface area contributed by atoms with Crippen LogP contribution in [0, 0.1) is 25.2 Å². The molecule has 0 fully saturated rings. The lowest BCUT2D eigenvalue weighted by molar-refractivity contribution is 0.472. The minimum atomic E-state index is 0.0352. The molecule has 0 aliphatic rings. The molecule has 0 radical (unpaired) electrons. The monoisotopic (exact) mass is 204 g/mol. The highest BCUT2D eigenvalue weighted by Crippen LogP contribution is 2.18. The highest BCUT2D eigenvalue weighted by molar-refractivity contribution is 5.14. The second-order valence-corrected chi connectivity index (χ2v) is 3.77. The van der Waals surface area contributed by atoms with Crippen molar-refractivity contribution in [2.45, 2.75) is 39.7 Å². The molecule has 3 heteroatoms. The summed E-state index contributed by atoms with van der Waals surface area (Å²) < 4.78 is 2.07. The maximum atomic E-state index is 11.3. The van der Waals surface area contributed by atoms with Gasteiger partial charge in [0.25, 0.3) is 0 Å². The number of nitrogens with zero attached hydrogens (tertiary/aromatic N) is 2. The summed E-state index contributed by atoms with van der Waals surface area (Å²) in [6.07, 6.45) is 1.39. The van der Waals surface area contributed by atoms with Crippen molar-refractivity contribution in [2.75, 3.05) is 0 Å². The van der Waals surface area contributed by atoms with E-state index in [-0.39, 0.29) is 11.5 Å². The number of rotatable bonds is 3. The molecule has 0 bridgehead atoms. The molecule has 1 unspecified atom stereocenters. The molecule has 0 aromatic carbocycles. The Labute approximate surface area is 90.0 Å². The van der Waals surface area contributed by atoms with Crippen LogP contribution >= 0.6 is 0 Å². The molecule has 0 N–H and O–H groups in total. The van der Waals surface area contributed by atoms with Gasteiger partial charge in [-0.15, -0.1) is 0 Å². The van der Waals surface area contributed by atoms with E-state index in [4.69, 9.17) is 5.26 Å². The van der Waals surface area contributed by atoms with Crippen molar-refractivity contribution < 1.29 is 0 Å². The fraction of sp³-hybridized carbons (Fsp3) is 0.500. The maximum absolute atomic E-state index is 11.3. The Kier molecular flexibility index (Phi) is 3.68. The van der Waals surface area contributed by atoms with E-state index in [2.05, 4.69) is 17.6 Å². The minimum Gasteiger partial charge on any atom is -0.345 e. The summed E-state index contributed by atoms with van der Waals surface area (Å²) in [6.45, 7) is 5.88. The van der Waals surface area contributed by atoms with E-state index in [1.54, 1.807) is 12.1 Å². The van der Waals surface area contributed by atoms with Crippen LogP contribution in [0.1, 0.15) is 37.2 Å². The van der Waals surface area contributed by atoms with Gasteiger partial charge >= 0.3 is 0 Å². The van der Waals surface area contributed by atoms with Crippen molar-refractivity contribution in [1.29, 1.82) is 5.26 Å². The Morgan fingerprint density at radius 2 is 1.93 bits per heavy atom. The van der Waals surface area contributed by atoms with Crippen LogP contribution in [0.5, 0.6) is 0 Å². The highest BCUT2D eigenvalue weighted by atomic mass is 16.1. The minimum absolute atomic E-state index is 0.0352. The second kappa shape index (κ2) is 4.79. The van der Waals surface area contributed by atoms with Gasteiger partial charge in [-0.3, -0.25) is 4.79 Å². The van der Waals surface area contributed by atoms with Gasteiger partial charge in [-0.05, 0) is 20.3 Å². The Balaban J connectivity index is 3.24. The third-order valence-electron chi connectivity index (χ3n) is 2.63. The van der Waals surface area contributed by atoms with Crippen molar-refractivity contribution in [3.05, 3.63) is 33.7 Å². The van der Waals surface area contributed by atoms with Crippen LogP contribution in [0.4, 0.5) is 0 Å². The largest absolute Gasteiger partial charge is 0.345 e. The van der Waals surface area contributed by atoms with Crippen LogP contribution in [-0.2, 0) is 0 Å². The number of nitriles is 1. The molecule has 1 atom stereocenters. The first-order valence-electron chi connectivity index (χ1n) is 5.17. The third-order valence-corrected chi connectivity index (χ3v) is 2.63. The molecule has 1 rings (SSSR count). The van der Waals surface area contributed by atoms with E-state index in [0.717, 1.165) is 17.8 Å². The lowest BCUT2D eigenvalue weighted by Crippen LogP contribution is -2.17. The normalized spacial score (nSPS) is 12.1. The molecule has 0 spiro atoms. The Morgan fingerprint density at radius 1 is 1.40 bits per heavy atom. The quantitative estimate of drug-likeness (QED) is 0.758. The van der Waals surface area contributed by atoms with Gasteiger partial charge in [0.1, 0.15) is 0 Å². The molecule has 1 heterocycles. The lowest BCUT2D eigenvalue weighted by atomic mass is 10.1. The van der Waals surface area contributed by atoms with E-state index in [1.165, 1.54) is 0 Å². The molecule has 1 aromatic heterocycles. The zero-order valence-corrected chi connectivity index (χ0v) is 9.45. The summed E-state index contributed by atoms with van der Waals surface area (Å²) in [5, 5.41) is 8.74. The van der Waals surface area contributed by atoms with Gasteiger partial charge in [-0.1, -0.05) is 6.92 Å². The number of hydrogen-bond donors (Lipinski definition) is 0. The van der Waals surface area contributed by atoms with Gasteiger partial charge in [0.15, 0.2) is 5.43 Å². The van der Waals surface area contributed by atoms with Crippen LogP contribution < -0.4 is 5.43 Å². The van der Waals surface area contributed by atoms with Crippen molar-refractivity contribution in [3.8, 4) is 6.07 Å². The van der Waals surface area contributed by atoms with E-state index in [0.29, 0.717) is 6.42 Å². The molecule has 1 aromatic rings. The summed E-state index contributed by atoms with van der Waals surface area (Å²) in [5.74, 6) is 0. The van der Waals surface area contributed by atoms with Gasteiger partial charge in [0.2, 0.25) is 0 Å². The highest BCUT2D eigenvalue weighted by Gasteiger charge is 2.11. The van der Waals surface area contributed by atoms with Crippen LogP contribution in [0.25, 0.3) is 0 Å². The molecule has 0 saturated carbocycles. The maximum Gasteiger partial charge on any atom is 0.182 e. The van der Waals surface area contributed by atoms with Crippen molar-refractivity contribution in [2.24, 2.45) is 0 Å². The fourth-order valence-electron chi connectivity index (χ4n) is 1.97. The Hall–Kier alpha value is -1.56. The number of aryl methyl sites for hydroxylation is 2. The smallest absolute Gasteiger partial charge is 0.182 e. The topological polar surface area (TPSA) is 45.8 Å². The molecule has 80 valence electrons. The van der Waals surface area contributed by atoms with E-state index >= 15 is 0 Å². The summed E-state index contributed by atoms with van der Waals surface area (Å²) >= 11 is 0. The standard InChI is InChI=1S/C12H16N2O/c1-4-11(5-6-13)14-9(2)7-12(15)8-10(14)3/h7-8,11H,4-5H2,1-3H3. The first-order chi connectivity index (χ1) is 7.10. The summed E-state index contributed by atoms with van der Waals surface area (Å²) in [4.78, 5) is 11.3. The van der Waals surface area contributed by atoms with Crippen molar-refractivity contribution in [1.82, 2.24) is 4.57 Å². The molecular weight excluding hydrogens is 188 g/mol. The Bertz CT molecular complexity index is 414. The molecule has 3 nitrogen and oxygen atoms in total. The molecule has 0 amide bonds. The average molecular weight is 204 g/mol. The number of hydrogen-bond acceptors (Lipinski definition) is 2. The van der Waals surface area contributed by atoms with Crippen LogP contribution in [0.2, 0.25) is 0 Å². The molecule has 0 aliphatic carbocycles. The zero-order chi connectivity index (χ0) is 11.4. The van der Waals surface area contributed by atoms with Crippen molar-refractivity contribution >= 4 is 0 Å². The van der Waals surface area contributed by atoms with Gasteiger partial charge in [-0.2, -0.15) is 5.26 Å². The van der Waals surface area contributed by atoms with E-state index < -0.39 is 0 Å². The van der Waals surface area contributed by atoms with Crippen molar-refractivity contribution in [3.63, 3.8) is 0 Å². The average Bonchev–Trinajstić information content (AvgIpc) is 2.14. The van der Waals surface area contributed by atoms with E-state index in [1.807, 2.05) is 13.8 Å². The zero-order valence-electron chi connectivity index (χ0n) is 9.45. The van der Waals surface area contributed by atoms with Crippen LogP contribution in [0.3, 0.4) is 0 Å². The number of pyridine rings is 1. The molecule has 15 heavy (non-hydrogen) atoms. The predicted molar refractivity (Wildman–Crippen MR) is 59.7 cm³/mol. The SMILES string of the molecule is CCC(CC#N)n1c(C)cc(=O)cc1C. The summed E-state index contributed by atoms with van der Waals surface area (Å²) in [5.41, 5.74) is 1.90. The third kappa shape index (κ3) is 2.47. The first-order valence-corrected chi connectivity index (χ1v) is 5.17.